The van der Waals surface area contributed by atoms with Crippen LogP contribution in [0.4, 0.5) is 0 Å². The van der Waals surface area contributed by atoms with Crippen LogP contribution in [0.5, 0.6) is 0 Å². The molecule has 2 aromatic carbocycles. The van der Waals surface area contributed by atoms with Crippen molar-refractivity contribution in [3.63, 3.8) is 0 Å². The van der Waals surface area contributed by atoms with E-state index >= 15 is 0 Å². The molecule has 8 heteroatoms. The highest BCUT2D eigenvalue weighted by atomic mass is 16.2. The Morgan fingerprint density at radius 2 is 1.52 bits per heavy atom. The Morgan fingerprint density at radius 1 is 0.879 bits per heavy atom. The zero-order valence-electron chi connectivity index (χ0n) is 19.0. The molecule has 2 N–H and O–H groups in total. The predicted octanol–water partition coefficient (Wildman–Crippen LogP) is 3.08. The summed E-state index contributed by atoms with van der Waals surface area (Å²) in [5, 5.41) is 0. The molecule has 0 radical (unpaired) electrons. The molecular weight excluding hydrogens is 418 g/mol. The van der Waals surface area contributed by atoms with E-state index in [1.54, 1.807) is 15.2 Å². The smallest absolute Gasteiger partial charge is 0.318 e. The van der Waals surface area contributed by atoms with Gasteiger partial charge in [-0.15, -0.1) is 0 Å². The van der Waals surface area contributed by atoms with Crippen LogP contribution < -0.4 is 16.5 Å². The van der Waals surface area contributed by atoms with Crippen molar-refractivity contribution in [1.29, 1.82) is 0 Å². The number of carbonyl (C=O) groups excluding carboxylic acids is 2. The first kappa shape index (κ1) is 22.1. The van der Waals surface area contributed by atoms with E-state index in [1.165, 1.54) is 0 Å². The van der Waals surface area contributed by atoms with E-state index < -0.39 is 5.91 Å². The van der Waals surface area contributed by atoms with Crippen LogP contribution in [0.2, 0.25) is 0 Å². The fourth-order valence-corrected chi connectivity index (χ4v) is 4.23. The molecule has 0 spiro atoms. The lowest BCUT2D eigenvalue weighted by Gasteiger charge is -2.10. The first-order valence-electron chi connectivity index (χ1n) is 10.9. The van der Waals surface area contributed by atoms with Crippen LogP contribution in [-0.2, 0) is 17.9 Å². The second-order valence-corrected chi connectivity index (χ2v) is 7.88. The third-order valence-corrected chi connectivity index (χ3v) is 5.81. The van der Waals surface area contributed by atoms with Crippen LogP contribution in [0.15, 0.2) is 65.5 Å². The molecule has 2 aromatic heterocycles. The molecule has 8 nitrogen and oxygen atoms in total. The summed E-state index contributed by atoms with van der Waals surface area (Å²) in [4.78, 5) is 37.8. The molecule has 2 heterocycles. The molecule has 0 aliphatic carbocycles. The van der Waals surface area contributed by atoms with Gasteiger partial charge in [0, 0.05) is 36.6 Å². The quantitative estimate of drug-likeness (QED) is 0.447. The average Bonchev–Trinajstić information content (AvgIpc) is 3.28. The van der Waals surface area contributed by atoms with Crippen LogP contribution in [0.3, 0.4) is 0 Å². The first-order chi connectivity index (χ1) is 15.9. The molecule has 4 rings (SSSR count). The molecule has 0 saturated carbocycles. The Balaban J connectivity index is 1.42. The SMILES string of the molecule is CCn1c(=O)n(CCC(=O)NNC(=O)c2cc(C)n(-c3ccccc3)c2C)c2ccccc21. The minimum absolute atomic E-state index is 0.0565. The number of hydrogen-bond acceptors (Lipinski definition) is 3. The number of fused-ring (bicyclic) bond motifs is 1. The molecule has 33 heavy (non-hydrogen) atoms. The number of aryl methyl sites for hydroxylation is 3. The second kappa shape index (κ2) is 9.20. The Kier molecular flexibility index (Phi) is 6.17. The lowest BCUT2D eigenvalue weighted by Crippen LogP contribution is -2.42. The van der Waals surface area contributed by atoms with E-state index in [9.17, 15) is 14.4 Å². The van der Waals surface area contributed by atoms with Gasteiger partial charge in [-0.3, -0.25) is 29.6 Å². The lowest BCUT2D eigenvalue weighted by molar-refractivity contribution is -0.122. The maximum absolute atomic E-state index is 12.7. The van der Waals surface area contributed by atoms with Crippen LogP contribution in [0, 0.1) is 13.8 Å². The molecular formula is C25H27N5O3. The predicted molar refractivity (Wildman–Crippen MR) is 127 cm³/mol. The van der Waals surface area contributed by atoms with Crippen molar-refractivity contribution in [3.05, 3.63) is 88.1 Å². The van der Waals surface area contributed by atoms with Crippen molar-refractivity contribution < 1.29 is 9.59 Å². The van der Waals surface area contributed by atoms with Gasteiger partial charge >= 0.3 is 5.69 Å². The highest BCUT2D eigenvalue weighted by molar-refractivity contribution is 5.97. The summed E-state index contributed by atoms with van der Waals surface area (Å²) in [6, 6.07) is 19.1. The summed E-state index contributed by atoms with van der Waals surface area (Å²) in [6.07, 6.45) is 0.0565. The molecule has 4 aromatic rings. The molecule has 0 aliphatic rings. The van der Waals surface area contributed by atoms with Crippen LogP contribution in [-0.4, -0.2) is 25.5 Å². The fraction of sp³-hybridized carbons (Fsp3) is 0.240. The number of imidazole rings is 1. The van der Waals surface area contributed by atoms with Gasteiger partial charge in [0.25, 0.3) is 5.91 Å². The normalized spacial score (nSPS) is 11.0. The van der Waals surface area contributed by atoms with Crippen LogP contribution in [0.25, 0.3) is 16.7 Å². The maximum Gasteiger partial charge on any atom is 0.329 e. The number of nitrogens with zero attached hydrogens (tertiary/aromatic N) is 3. The van der Waals surface area contributed by atoms with E-state index in [2.05, 4.69) is 10.9 Å². The molecule has 170 valence electrons. The number of hydrogen-bond donors (Lipinski definition) is 2. The van der Waals surface area contributed by atoms with Gasteiger partial charge in [-0.2, -0.15) is 0 Å². The van der Waals surface area contributed by atoms with Crippen molar-refractivity contribution in [3.8, 4) is 5.69 Å². The Labute approximate surface area is 191 Å². The Bertz CT molecular complexity index is 1380. The van der Waals surface area contributed by atoms with Crippen molar-refractivity contribution in [2.75, 3.05) is 0 Å². The van der Waals surface area contributed by atoms with Gasteiger partial charge in [0.15, 0.2) is 0 Å². The average molecular weight is 446 g/mol. The number of hydrazine groups is 1. The highest BCUT2D eigenvalue weighted by Crippen LogP contribution is 2.20. The molecule has 0 saturated heterocycles. The van der Waals surface area contributed by atoms with E-state index in [4.69, 9.17) is 0 Å². The molecule has 2 amide bonds. The highest BCUT2D eigenvalue weighted by Gasteiger charge is 2.18. The van der Waals surface area contributed by atoms with Gasteiger partial charge in [-0.05, 0) is 51.1 Å². The lowest BCUT2D eigenvalue weighted by atomic mass is 10.2. The standard InChI is InChI=1S/C25H27N5O3/c1-4-28-21-12-8-9-13-22(21)29(25(28)33)15-14-23(31)26-27-24(32)20-16-17(2)30(18(20)3)19-10-6-5-7-11-19/h5-13,16H,4,14-15H2,1-3H3,(H,26,31)(H,27,32). The summed E-state index contributed by atoms with van der Waals surface area (Å²) >= 11 is 0. The molecule has 0 atom stereocenters. The van der Waals surface area contributed by atoms with Gasteiger partial charge in [0.2, 0.25) is 5.91 Å². The molecule has 0 fully saturated rings. The Morgan fingerprint density at radius 3 is 2.18 bits per heavy atom. The first-order valence-corrected chi connectivity index (χ1v) is 10.9. The third kappa shape index (κ3) is 4.19. The minimum atomic E-state index is -0.390. The van der Waals surface area contributed by atoms with Crippen LogP contribution in [0.1, 0.15) is 35.1 Å². The number of benzene rings is 2. The fourth-order valence-electron chi connectivity index (χ4n) is 4.23. The monoisotopic (exact) mass is 445 g/mol. The summed E-state index contributed by atoms with van der Waals surface area (Å²) < 4.78 is 5.26. The third-order valence-electron chi connectivity index (χ3n) is 5.81. The number of aromatic nitrogens is 3. The minimum Gasteiger partial charge on any atom is -0.318 e. The summed E-state index contributed by atoms with van der Waals surface area (Å²) in [6.45, 7) is 6.48. The van der Waals surface area contributed by atoms with Gasteiger partial charge < -0.3 is 4.57 Å². The maximum atomic E-state index is 12.7. The van der Waals surface area contributed by atoms with Gasteiger partial charge in [0.1, 0.15) is 0 Å². The summed E-state index contributed by atoms with van der Waals surface area (Å²) in [5.41, 5.74) is 9.58. The zero-order valence-corrected chi connectivity index (χ0v) is 19.0. The molecule has 0 bridgehead atoms. The number of amides is 2. The molecule has 0 aliphatic heterocycles. The number of rotatable bonds is 6. The van der Waals surface area contributed by atoms with E-state index in [0.29, 0.717) is 12.1 Å². The zero-order chi connectivity index (χ0) is 23.5. The van der Waals surface area contributed by atoms with Gasteiger partial charge in [-0.25, -0.2) is 4.79 Å². The topological polar surface area (TPSA) is 90.1 Å². The number of carbonyl (C=O) groups is 2. The van der Waals surface area contributed by atoms with Gasteiger partial charge in [0.05, 0.1) is 16.6 Å². The number of nitrogens with one attached hydrogen (secondary N) is 2. The van der Waals surface area contributed by atoms with Crippen molar-refractivity contribution in [1.82, 2.24) is 24.6 Å². The van der Waals surface area contributed by atoms with E-state index in [0.717, 1.165) is 28.1 Å². The second-order valence-electron chi connectivity index (χ2n) is 7.88. The Hall–Kier alpha value is -4.07. The van der Waals surface area contributed by atoms with Gasteiger partial charge in [-0.1, -0.05) is 30.3 Å². The van der Waals surface area contributed by atoms with Crippen molar-refractivity contribution in [2.24, 2.45) is 0 Å². The van der Waals surface area contributed by atoms with Crippen molar-refractivity contribution >= 4 is 22.8 Å². The van der Waals surface area contributed by atoms with E-state index in [1.807, 2.05) is 79.9 Å². The largest absolute Gasteiger partial charge is 0.329 e. The number of para-hydroxylation sites is 3. The van der Waals surface area contributed by atoms with E-state index in [-0.39, 0.29) is 24.6 Å². The summed E-state index contributed by atoms with van der Waals surface area (Å²) in [7, 11) is 0. The summed E-state index contributed by atoms with van der Waals surface area (Å²) in [5.74, 6) is -0.765. The molecule has 0 unspecified atom stereocenters. The van der Waals surface area contributed by atoms with Crippen LogP contribution >= 0.6 is 0 Å². The van der Waals surface area contributed by atoms with Crippen molar-refractivity contribution in [2.45, 2.75) is 40.3 Å².